The maximum atomic E-state index is 10.5. The molecule has 1 aromatic carbocycles. The number of aliphatic hydroxyl groups is 2. The Morgan fingerprint density at radius 3 is 2.95 bits per heavy atom. The lowest BCUT2D eigenvalue weighted by Crippen LogP contribution is -2.47. The van der Waals surface area contributed by atoms with E-state index < -0.39 is 0 Å². The van der Waals surface area contributed by atoms with Crippen molar-refractivity contribution in [3.63, 3.8) is 0 Å². The summed E-state index contributed by atoms with van der Waals surface area (Å²) in [5.74, 6) is 0. The molecule has 4 heteroatoms. The summed E-state index contributed by atoms with van der Waals surface area (Å²) in [7, 11) is 0. The molecule has 0 radical (unpaired) electrons. The molecule has 2 N–H and O–H groups in total. The Hall–Kier alpha value is -0.940. The first-order chi connectivity index (χ1) is 9.79. The van der Waals surface area contributed by atoms with E-state index in [1.54, 1.807) is 0 Å². The Kier molecular flexibility index (Phi) is 4.36. The molecule has 3 rings (SSSR count). The lowest BCUT2D eigenvalue weighted by molar-refractivity contribution is -0.0407. The van der Waals surface area contributed by atoms with Gasteiger partial charge in [0, 0.05) is 12.6 Å². The van der Waals surface area contributed by atoms with Gasteiger partial charge in [0.15, 0.2) is 0 Å². The molecule has 0 unspecified atom stereocenters. The van der Waals surface area contributed by atoms with E-state index >= 15 is 0 Å². The molecule has 0 aromatic heterocycles. The minimum absolute atomic E-state index is 0.0774. The summed E-state index contributed by atoms with van der Waals surface area (Å²) in [6.45, 7) is 2.37. The summed E-state index contributed by atoms with van der Waals surface area (Å²) in [5, 5.41) is 19.4. The number of benzene rings is 1. The molecule has 1 heterocycles. The van der Waals surface area contributed by atoms with Crippen molar-refractivity contribution in [2.75, 3.05) is 26.3 Å². The van der Waals surface area contributed by atoms with Gasteiger partial charge in [-0.25, -0.2) is 0 Å². The molecular formula is C16H23NO3. The summed E-state index contributed by atoms with van der Waals surface area (Å²) in [6.07, 6.45) is 2.86. The second-order valence-corrected chi connectivity index (χ2v) is 5.77. The third-order valence-corrected chi connectivity index (χ3v) is 4.49. The van der Waals surface area contributed by atoms with Crippen LogP contribution in [0.4, 0.5) is 0 Å². The molecule has 110 valence electrons. The maximum absolute atomic E-state index is 10.5. The van der Waals surface area contributed by atoms with Crippen molar-refractivity contribution in [3.05, 3.63) is 35.4 Å². The van der Waals surface area contributed by atoms with Crippen LogP contribution in [0.25, 0.3) is 0 Å². The Morgan fingerprint density at radius 1 is 1.30 bits per heavy atom. The van der Waals surface area contributed by atoms with Crippen LogP contribution in [0.5, 0.6) is 0 Å². The van der Waals surface area contributed by atoms with Crippen molar-refractivity contribution in [2.45, 2.75) is 37.5 Å². The zero-order chi connectivity index (χ0) is 13.9. The predicted octanol–water partition coefficient (Wildman–Crippen LogP) is 1.12. The van der Waals surface area contributed by atoms with Gasteiger partial charge >= 0.3 is 0 Å². The van der Waals surface area contributed by atoms with Crippen LogP contribution in [-0.4, -0.2) is 53.6 Å². The van der Waals surface area contributed by atoms with Gasteiger partial charge in [0.1, 0.15) is 0 Å². The number of ether oxygens (including phenoxy) is 1. The molecular weight excluding hydrogens is 254 g/mol. The second-order valence-electron chi connectivity index (χ2n) is 5.77. The predicted molar refractivity (Wildman–Crippen MR) is 76.5 cm³/mol. The third-order valence-electron chi connectivity index (χ3n) is 4.49. The molecule has 1 aliphatic heterocycles. The van der Waals surface area contributed by atoms with E-state index in [-0.39, 0.29) is 24.9 Å². The molecule has 1 aromatic rings. The molecule has 2 aliphatic rings. The van der Waals surface area contributed by atoms with E-state index in [1.807, 2.05) is 18.2 Å². The molecule has 0 amide bonds. The molecule has 1 saturated heterocycles. The summed E-state index contributed by atoms with van der Waals surface area (Å²) in [6, 6.07) is 8.35. The summed E-state index contributed by atoms with van der Waals surface area (Å²) in [4.78, 5) is 2.36. The van der Waals surface area contributed by atoms with Gasteiger partial charge in [-0.3, -0.25) is 4.90 Å². The topological polar surface area (TPSA) is 52.9 Å². The van der Waals surface area contributed by atoms with E-state index in [9.17, 15) is 5.11 Å². The molecule has 1 aliphatic carbocycles. The quantitative estimate of drug-likeness (QED) is 0.866. The van der Waals surface area contributed by atoms with Gasteiger partial charge in [-0.05, 0) is 36.9 Å². The minimum Gasteiger partial charge on any atom is -0.394 e. The zero-order valence-electron chi connectivity index (χ0n) is 11.7. The summed E-state index contributed by atoms with van der Waals surface area (Å²) >= 11 is 0. The fraction of sp³-hybridized carbons (Fsp3) is 0.625. The molecule has 0 bridgehead atoms. The highest BCUT2D eigenvalue weighted by molar-refractivity contribution is 5.35. The van der Waals surface area contributed by atoms with Crippen molar-refractivity contribution in [3.8, 4) is 0 Å². The largest absolute Gasteiger partial charge is 0.394 e. The summed E-state index contributed by atoms with van der Waals surface area (Å²) < 4.78 is 5.66. The van der Waals surface area contributed by atoms with Crippen LogP contribution in [0.1, 0.15) is 30.1 Å². The van der Waals surface area contributed by atoms with Crippen LogP contribution in [0, 0.1) is 0 Å². The number of fused-ring (bicyclic) bond motifs is 1. The third kappa shape index (κ3) is 2.74. The van der Waals surface area contributed by atoms with Gasteiger partial charge in [-0.15, -0.1) is 0 Å². The van der Waals surface area contributed by atoms with Gasteiger partial charge in [-0.2, -0.15) is 0 Å². The Morgan fingerprint density at radius 2 is 2.15 bits per heavy atom. The van der Waals surface area contributed by atoms with Crippen LogP contribution in [0.2, 0.25) is 0 Å². The average molecular weight is 277 g/mol. The van der Waals surface area contributed by atoms with Crippen LogP contribution in [0.3, 0.4) is 0 Å². The number of likely N-dealkylation sites (tertiary alicyclic amines) is 1. The summed E-state index contributed by atoms with van der Waals surface area (Å²) in [5.41, 5.74) is 2.35. The van der Waals surface area contributed by atoms with Gasteiger partial charge in [-0.1, -0.05) is 24.3 Å². The first-order valence-electron chi connectivity index (χ1n) is 7.52. The maximum Gasteiger partial charge on any atom is 0.0951 e. The first-order valence-corrected chi connectivity index (χ1v) is 7.52. The SMILES string of the molecule is OCCO[C@@H]1CCCN([C@@H]2Cc3ccccc3[C@H]2O)C1. The highest BCUT2D eigenvalue weighted by Crippen LogP contribution is 2.35. The van der Waals surface area contributed by atoms with Crippen LogP contribution in [0.15, 0.2) is 24.3 Å². The second kappa shape index (κ2) is 6.22. The molecule has 4 nitrogen and oxygen atoms in total. The normalized spacial score (nSPS) is 30.4. The monoisotopic (exact) mass is 277 g/mol. The number of rotatable bonds is 4. The number of aliphatic hydroxyl groups excluding tert-OH is 2. The molecule has 0 spiro atoms. The Balaban J connectivity index is 1.65. The van der Waals surface area contributed by atoms with Crippen LogP contribution >= 0.6 is 0 Å². The average Bonchev–Trinajstić information content (AvgIpc) is 2.83. The van der Waals surface area contributed by atoms with Crippen molar-refractivity contribution in [1.82, 2.24) is 4.90 Å². The lowest BCUT2D eigenvalue weighted by atomic mass is 10.0. The van der Waals surface area contributed by atoms with Crippen molar-refractivity contribution < 1.29 is 14.9 Å². The lowest BCUT2D eigenvalue weighted by Gasteiger charge is -2.37. The van der Waals surface area contributed by atoms with Crippen molar-refractivity contribution in [1.29, 1.82) is 0 Å². The number of hydrogen-bond acceptors (Lipinski definition) is 4. The number of hydrogen-bond donors (Lipinski definition) is 2. The fourth-order valence-corrected chi connectivity index (χ4v) is 3.50. The Labute approximate surface area is 120 Å². The van der Waals surface area contributed by atoms with Crippen LogP contribution in [-0.2, 0) is 11.2 Å². The number of nitrogens with zero attached hydrogens (tertiary/aromatic N) is 1. The first kappa shape index (κ1) is 14.0. The van der Waals surface area contributed by atoms with E-state index in [0.717, 1.165) is 37.9 Å². The van der Waals surface area contributed by atoms with Gasteiger partial charge in [0.05, 0.1) is 25.4 Å². The molecule has 0 saturated carbocycles. The minimum atomic E-state index is -0.386. The van der Waals surface area contributed by atoms with Gasteiger partial charge < -0.3 is 14.9 Å². The van der Waals surface area contributed by atoms with Gasteiger partial charge in [0.25, 0.3) is 0 Å². The van der Waals surface area contributed by atoms with E-state index in [0.29, 0.717) is 6.61 Å². The zero-order valence-corrected chi connectivity index (χ0v) is 11.7. The molecule has 3 atom stereocenters. The number of piperidine rings is 1. The van der Waals surface area contributed by atoms with Crippen LogP contribution < -0.4 is 0 Å². The van der Waals surface area contributed by atoms with Gasteiger partial charge in [0.2, 0.25) is 0 Å². The van der Waals surface area contributed by atoms with E-state index in [1.165, 1.54) is 5.56 Å². The molecule has 20 heavy (non-hydrogen) atoms. The molecule has 1 fully saturated rings. The van der Waals surface area contributed by atoms with Crippen molar-refractivity contribution >= 4 is 0 Å². The highest BCUT2D eigenvalue weighted by atomic mass is 16.5. The van der Waals surface area contributed by atoms with E-state index in [4.69, 9.17) is 9.84 Å². The van der Waals surface area contributed by atoms with Crippen molar-refractivity contribution in [2.24, 2.45) is 0 Å². The highest BCUT2D eigenvalue weighted by Gasteiger charge is 2.36. The fourth-order valence-electron chi connectivity index (χ4n) is 3.50. The van der Waals surface area contributed by atoms with E-state index in [2.05, 4.69) is 11.0 Å². The standard InChI is InChI=1S/C16H23NO3/c18-8-9-20-13-5-3-7-17(11-13)15-10-12-4-1-2-6-14(12)16(15)19/h1-2,4,6,13,15-16,18-19H,3,5,7-11H2/t13-,15-,16-/m1/s1. The Bertz CT molecular complexity index is 451. The smallest absolute Gasteiger partial charge is 0.0951 e.